The van der Waals surface area contributed by atoms with Crippen LogP contribution in [0.3, 0.4) is 0 Å². The minimum Gasteiger partial charge on any atom is -0.444 e. The summed E-state index contributed by atoms with van der Waals surface area (Å²) in [7, 11) is 0. The molecular weight excluding hydrogens is 320 g/mol. The lowest BCUT2D eigenvalue weighted by Crippen LogP contribution is -2.38. The van der Waals surface area contributed by atoms with Gasteiger partial charge in [-0.2, -0.15) is 0 Å². The highest BCUT2D eigenvalue weighted by Crippen LogP contribution is 2.12. The molecule has 0 radical (unpaired) electrons. The summed E-state index contributed by atoms with van der Waals surface area (Å²) in [6.45, 7) is 9.05. The van der Waals surface area contributed by atoms with Crippen LogP contribution in [0.15, 0.2) is 22.9 Å². The van der Waals surface area contributed by atoms with E-state index in [1.165, 1.54) is 0 Å². The van der Waals surface area contributed by atoms with E-state index in [0.717, 1.165) is 23.0 Å². The summed E-state index contributed by atoms with van der Waals surface area (Å²) < 4.78 is 6.24. The normalized spacial score (nSPS) is 11.2. The van der Waals surface area contributed by atoms with E-state index in [1.807, 2.05) is 39.1 Å². The van der Waals surface area contributed by atoms with Gasteiger partial charge in [0.05, 0.1) is 0 Å². The maximum Gasteiger partial charge on any atom is 0.410 e. The first-order valence-corrected chi connectivity index (χ1v) is 7.69. The number of hydrogen-bond donors (Lipinski definition) is 0. The summed E-state index contributed by atoms with van der Waals surface area (Å²) in [6, 6.07) is 3.92. The number of amides is 1. The number of pyridine rings is 1. The molecule has 1 heterocycles. The number of rotatable bonds is 5. The predicted molar refractivity (Wildman–Crippen MR) is 83.7 cm³/mol. The highest BCUT2D eigenvalue weighted by molar-refractivity contribution is 9.10. The van der Waals surface area contributed by atoms with Crippen LogP contribution >= 0.6 is 15.9 Å². The number of nitrogens with zero attached hydrogens (tertiary/aromatic N) is 2. The molecule has 0 spiro atoms. The molecule has 0 fully saturated rings. The predicted octanol–water partition coefficient (Wildman–Crippen LogP) is 4.03. The van der Waals surface area contributed by atoms with Crippen LogP contribution in [0.4, 0.5) is 4.79 Å². The second kappa shape index (κ2) is 7.62. The van der Waals surface area contributed by atoms with Crippen LogP contribution in [0.2, 0.25) is 0 Å². The third-order valence-corrected chi connectivity index (χ3v) is 3.07. The van der Waals surface area contributed by atoms with Gasteiger partial charge in [-0.1, -0.05) is 13.0 Å². The van der Waals surface area contributed by atoms with Gasteiger partial charge in [0.15, 0.2) is 0 Å². The average molecular weight is 343 g/mol. The van der Waals surface area contributed by atoms with Crippen LogP contribution in [0.25, 0.3) is 0 Å². The number of aromatic nitrogens is 1. The smallest absolute Gasteiger partial charge is 0.410 e. The summed E-state index contributed by atoms with van der Waals surface area (Å²) in [5.41, 5.74) is 0.653. The molecule has 0 saturated carbocycles. The second-order valence-corrected chi connectivity index (χ2v) is 6.52. The van der Waals surface area contributed by atoms with Crippen LogP contribution in [0, 0.1) is 0 Å². The number of carbonyl (C=O) groups is 1. The standard InChI is InChI=1S/C15H23BrN2O2/c1-5-9-18(14(19)20-15(2,3)4)10-8-12-6-7-13(16)17-11-12/h6-7,11H,5,8-10H2,1-4H3. The molecule has 20 heavy (non-hydrogen) atoms. The van der Waals surface area contributed by atoms with Gasteiger partial charge in [0.25, 0.3) is 0 Å². The zero-order chi connectivity index (χ0) is 15.2. The minimum absolute atomic E-state index is 0.246. The van der Waals surface area contributed by atoms with Gasteiger partial charge in [-0.05, 0) is 61.2 Å². The Morgan fingerprint density at radius 2 is 2.05 bits per heavy atom. The molecule has 5 heteroatoms. The van der Waals surface area contributed by atoms with Crippen molar-refractivity contribution in [3.63, 3.8) is 0 Å². The maximum absolute atomic E-state index is 12.1. The molecule has 0 aromatic carbocycles. The number of hydrogen-bond acceptors (Lipinski definition) is 3. The van der Waals surface area contributed by atoms with Crippen molar-refractivity contribution in [1.29, 1.82) is 0 Å². The first-order chi connectivity index (χ1) is 9.31. The van der Waals surface area contributed by atoms with Gasteiger partial charge in [-0.25, -0.2) is 9.78 Å². The minimum atomic E-state index is -0.456. The Morgan fingerprint density at radius 1 is 1.35 bits per heavy atom. The van der Waals surface area contributed by atoms with Gasteiger partial charge in [-0.15, -0.1) is 0 Å². The van der Waals surface area contributed by atoms with Gasteiger partial charge in [0.2, 0.25) is 0 Å². The molecular formula is C15H23BrN2O2. The fourth-order valence-electron chi connectivity index (χ4n) is 1.71. The van der Waals surface area contributed by atoms with E-state index in [0.29, 0.717) is 13.1 Å². The summed E-state index contributed by atoms with van der Waals surface area (Å²) in [5.74, 6) is 0. The van der Waals surface area contributed by atoms with Crippen molar-refractivity contribution < 1.29 is 9.53 Å². The van der Waals surface area contributed by atoms with Gasteiger partial charge in [0, 0.05) is 19.3 Å². The van der Waals surface area contributed by atoms with Crippen LogP contribution < -0.4 is 0 Å². The van der Waals surface area contributed by atoms with E-state index < -0.39 is 5.60 Å². The molecule has 4 nitrogen and oxygen atoms in total. The first kappa shape index (κ1) is 17.0. The molecule has 1 aromatic heterocycles. The van der Waals surface area contributed by atoms with Crippen molar-refractivity contribution in [2.75, 3.05) is 13.1 Å². The summed E-state index contributed by atoms with van der Waals surface area (Å²) in [6.07, 6.45) is 3.27. The Labute approximate surface area is 129 Å². The maximum atomic E-state index is 12.1. The molecule has 1 amide bonds. The number of ether oxygens (including phenoxy) is 1. The zero-order valence-corrected chi connectivity index (χ0v) is 14.2. The number of carbonyl (C=O) groups excluding carboxylic acids is 1. The summed E-state index contributed by atoms with van der Waals surface area (Å²) in [5, 5.41) is 0. The SMILES string of the molecule is CCCN(CCc1ccc(Br)nc1)C(=O)OC(C)(C)C. The highest BCUT2D eigenvalue weighted by Gasteiger charge is 2.21. The lowest BCUT2D eigenvalue weighted by molar-refractivity contribution is 0.0252. The molecule has 112 valence electrons. The van der Waals surface area contributed by atoms with E-state index >= 15 is 0 Å². The van der Waals surface area contributed by atoms with Crippen LogP contribution in [-0.4, -0.2) is 34.7 Å². The average Bonchev–Trinajstić information content (AvgIpc) is 2.34. The lowest BCUT2D eigenvalue weighted by Gasteiger charge is -2.27. The van der Waals surface area contributed by atoms with E-state index in [9.17, 15) is 4.79 Å². The van der Waals surface area contributed by atoms with Gasteiger partial charge in [-0.3, -0.25) is 0 Å². The van der Waals surface area contributed by atoms with Gasteiger partial charge < -0.3 is 9.64 Å². The Bertz CT molecular complexity index is 426. The lowest BCUT2D eigenvalue weighted by atomic mass is 10.2. The Kier molecular flexibility index (Phi) is 6.46. The quantitative estimate of drug-likeness (QED) is 0.758. The Hall–Kier alpha value is -1.10. The van der Waals surface area contributed by atoms with Crippen LogP contribution in [-0.2, 0) is 11.2 Å². The molecule has 0 atom stereocenters. The largest absolute Gasteiger partial charge is 0.444 e. The number of halogens is 1. The fraction of sp³-hybridized carbons (Fsp3) is 0.600. The Balaban J connectivity index is 2.58. The Morgan fingerprint density at radius 3 is 2.55 bits per heavy atom. The third-order valence-electron chi connectivity index (χ3n) is 2.60. The summed E-state index contributed by atoms with van der Waals surface area (Å²) in [4.78, 5) is 18.1. The van der Waals surface area contributed by atoms with E-state index in [1.54, 1.807) is 4.90 Å². The topological polar surface area (TPSA) is 42.4 Å². The van der Waals surface area contributed by atoms with Crippen molar-refractivity contribution in [1.82, 2.24) is 9.88 Å². The molecule has 0 aliphatic carbocycles. The van der Waals surface area contributed by atoms with E-state index in [2.05, 4.69) is 27.8 Å². The molecule has 0 aliphatic rings. The molecule has 0 unspecified atom stereocenters. The van der Waals surface area contributed by atoms with Gasteiger partial charge in [0.1, 0.15) is 10.2 Å². The van der Waals surface area contributed by atoms with E-state index in [-0.39, 0.29) is 6.09 Å². The highest BCUT2D eigenvalue weighted by atomic mass is 79.9. The van der Waals surface area contributed by atoms with E-state index in [4.69, 9.17) is 4.74 Å². The second-order valence-electron chi connectivity index (χ2n) is 5.71. The molecule has 0 aliphatic heterocycles. The first-order valence-electron chi connectivity index (χ1n) is 6.90. The molecule has 1 aromatic rings. The third kappa shape index (κ3) is 6.37. The van der Waals surface area contributed by atoms with Crippen molar-refractivity contribution in [2.24, 2.45) is 0 Å². The zero-order valence-electron chi connectivity index (χ0n) is 12.6. The molecule has 0 bridgehead atoms. The van der Waals surface area contributed by atoms with Crippen LogP contribution in [0.5, 0.6) is 0 Å². The van der Waals surface area contributed by atoms with Crippen molar-refractivity contribution in [3.8, 4) is 0 Å². The fourth-order valence-corrected chi connectivity index (χ4v) is 1.94. The van der Waals surface area contributed by atoms with Crippen molar-refractivity contribution in [3.05, 3.63) is 28.5 Å². The van der Waals surface area contributed by atoms with Gasteiger partial charge >= 0.3 is 6.09 Å². The van der Waals surface area contributed by atoms with Crippen molar-refractivity contribution in [2.45, 2.75) is 46.1 Å². The molecule has 0 N–H and O–H groups in total. The van der Waals surface area contributed by atoms with Crippen LogP contribution in [0.1, 0.15) is 39.7 Å². The van der Waals surface area contributed by atoms with Crippen molar-refractivity contribution >= 4 is 22.0 Å². The molecule has 0 saturated heterocycles. The molecule has 1 rings (SSSR count). The summed E-state index contributed by atoms with van der Waals surface area (Å²) >= 11 is 3.31. The monoisotopic (exact) mass is 342 g/mol.